The van der Waals surface area contributed by atoms with Crippen LogP contribution in [0.4, 0.5) is 4.79 Å². The molecule has 1 unspecified atom stereocenters. The summed E-state index contributed by atoms with van der Waals surface area (Å²) in [6.07, 6.45) is 3.88. The van der Waals surface area contributed by atoms with Gasteiger partial charge in [-0.2, -0.15) is 0 Å². The SMILES string of the molecule is CN(OCC(=O)O)C(=O)CC(CNC(=O)OCC1c2ccccc2-c2ccccc21)C1CCCC1. The number of benzene rings is 2. The summed E-state index contributed by atoms with van der Waals surface area (Å²) in [4.78, 5) is 40.9. The van der Waals surface area contributed by atoms with Crippen molar-refractivity contribution in [1.29, 1.82) is 0 Å². The Morgan fingerprint density at radius 2 is 1.63 bits per heavy atom. The van der Waals surface area contributed by atoms with Crippen molar-refractivity contribution >= 4 is 18.0 Å². The van der Waals surface area contributed by atoms with Crippen molar-refractivity contribution in [2.75, 3.05) is 26.8 Å². The van der Waals surface area contributed by atoms with Crippen molar-refractivity contribution < 1.29 is 29.1 Å². The molecule has 35 heavy (non-hydrogen) atoms. The molecular weight excluding hydrogens is 448 g/mol. The maximum atomic E-state index is 12.6. The number of alkyl carbamates (subject to hydrolysis) is 1. The van der Waals surface area contributed by atoms with Crippen molar-refractivity contribution in [2.24, 2.45) is 11.8 Å². The molecule has 8 nitrogen and oxygen atoms in total. The number of aliphatic carboxylic acids is 1. The quantitative estimate of drug-likeness (QED) is 0.494. The molecule has 1 saturated carbocycles. The highest BCUT2D eigenvalue weighted by Gasteiger charge is 2.31. The van der Waals surface area contributed by atoms with Gasteiger partial charge in [-0.05, 0) is 34.1 Å². The maximum absolute atomic E-state index is 12.6. The molecule has 2 N–H and O–H groups in total. The van der Waals surface area contributed by atoms with Gasteiger partial charge in [-0.15, -0.1) is 0 Å². The van der Waals surface area contributed by atoms with E-state index in [0.717, 1.165) is 41.9 Å². The van der Waals surface area contributed by atoms with E-state index >= 15 is 0 Å². The second-order valence-electron chi connectivity index (χ2n) is 9.27. The standard InChI is InChI=1S/C27H32N2O6/c1-29(35-17-26(31)32)25(30)14-19(18-8-2-3-9-18)15-28-27(33)34-16-24-22-12-6-4-10-20(22)21-11-5-7-13-23(21)24/h4-7,10-13,18-19,24H,2-3,8-9,14-17H2,1H3,(H,28,33)(H,31,32). The van der Waals surface area contributed by atoms with Crippen LogP contribution in [0.25, 0.3) is 11.1 Å². The zero-order valence-corrected chi connectivity index (χ0v) is 19.9. The highest BCUT2D eigenvalue weighted by Crippen LogP contribution is 2.44. The lowest BCUT2D eigenvalue weighted by molar-refractivity contribution is -0.186. The highest BCUT2D eigenvalue weighted by molar-refractivity contribution is 5.79. The largest absolute Gasteiger partial charge is 0.479 e. The molecule has 1 fully saturated rings. The number of carboxylic acid groups (broad SMARTS) is 1. The summed E-state index contributed by atoms with van der Waals surface area (Å²) in [7, 11) is 1.41. The van der Waals surface area contributed by atoms with Gasteiger partial charge >= 0.3 is 12.1 Å². The third-order valence-corrected chi connectivity index (χ3v) is 7.09. The normalized spacial score (nSPS) is 15.8. The molecule has 2 amide bonds. The molecule has 8 heteroatoms. The molecular formula is C27H32N2O6. The number of fused-ring (bicyclic) bond motifs is 3. The summed E-state index contributed by atoms with van der Waals surface area (Å²) < 4.78 is 5.63. The number of hydrogen-bond acceptors (Lipinski definition) is 5. The Kier molecular flexibility index (Phi) is 8.02. The third-order valence-electron chi connectivity index (χ3n) is 7.09. The zero-order valence-electron chi connectivity index (χ0n) is 19.9. The number of nitrogens with one attached hydrogen (secondary N) is 1. The molecule has 0 aromatic heterocycles. The Balaban J connectivity index is 1.33. The number of ether oxygens (including phenoxy) is 1. The first kappa shape index (κ1) is 24.7. The lowest BCUT2D eigenvalue weighted by atomic mass is 9.87. The van der Waals surface area contributed by atoms with Crippen LogP contribution in [0.5, 0.6) is 0 Å². The van der Waals surface area contributed by atoms with Gasteiger partial charge in [0.15, 0.2) is 6.61 Å². The minimum Gasteiger partial charge on any atom is -0.479 e. The molecule has 186 valence electrons. The summed E-state index contributed by atoms with van der Waals surface area (Å²) in [5, 5.41) is 12.6. The summed E-state index contributed by atoms with van der Waals surface area (Å²) >= 11 is 0. The number of carboxylic acids is 1. The second kappa shape index (κ2) is 11.4. The molecule has 0 radical (unpaired) electrons. The van der Waals surface area contributed by atoms with Crippen LogP contribution in [0.2, 0.25) is 0 Å². The maximum Gasteiger partial charge on any atom is 0.407 e. The smallest absolute Gasteiger partial charge is 0.407 e. The summed E-state index contributed by atoms with van der Waals surface area (Å²) in [5.74, 6) is -1.21. The van der Waals surface area contributed by atoms with Gasteiger partial charge in [-0.25, -0.2) is 14.7 Å². The van der Waals surface area contributed by atoms with Crippen LogP contribution in [-0.4, -0.2) is 54.9 Å². The number of nitrogens with zero attached hydrogens (tertiary/aromatic N) is 1. The molecule has 1 atom stereocenters. The van der Waals surface area contributed by atoms with Gasteiger partial charge in [0.05, 0.1) is 0 Å². The van der Waals surface area contributed by atoms with Crippen LogP contribution < -0.4 is 5.32 Å². The molecule has 0 aliphatic heterocycles. The van der Waals surface area contributed by atoms with Gasteiger partial charge in [-0.3, -0.25) is 9.63 Å². The monoisotopic (exact) mass is 480 g/mol. The van der Waals surface area contributed by atoms with E-state index in [2.05, 4.69) is 29.6 Å². The molecule has 2 aliphatic rings. The van der Waals surface area contributed by atoms with Crippen LogP contribution in [-0.2, 0) is 19.2 Å². The van der Waals surface area contributed by atoms with E-state index in [9.17, 15) is 14.4 Å². The molecule has 0 heterocycles. The van der Waals surface area contributed by atoms with Gasteiger partial charge in [0, 0.05) is 25.9 Å². The van der Waals surface area contributed by atoms with Crippen LogP contribution >= 0.6 is 0 Å². The predicted octanol–water partition coefficient (Wildman–Crippen LogP) is 4.20. The first-order valence-corrected chi connectivity index (χ1v) is 12.1. The number of hydroxylamine groups is 2. The van der Waals surface area contributed by atoms with Gasteiger partial charge in [-0.1, -0.05) is 74.2 Å². The fourth-order valence-electron chi connectivity index (χ4n) is 5.28. The summed E-state index contributed by atoms with van der Waals surface area (Å²) in [6, 6.07) is 16.4. The van der Waals surface area contributed by atoms with E-state index in [1.807, 2.05) is 24.3 Å². The topological polar surface area (TPSA) is 105 Å². The minimum absolute atomic E-state index is 0.0135. The molecule has 0 saturated heterocycles. The van der Waals surface area contributed by atoms with Crippen molar-refractivity contribution in [3.05, 3.63) is 59.7 Å². The molecule has 0 spiro atoms. The number of carbonyl (C=O) groups is 3. The number of hydrogen-bond donors (Lipinski definition) is 2. The Bertz CT molecular complexity index is 1020. The summed E-state index contributed by atoms with van der Waals surface area (Å²) in [5.41, 5.74) is 4.65. The number of carbonyl (C=O) groups excluding carboxylic acids is 2. The van der Waals surface area contributed by atoms with Crippen LogP contribution in [0.3, 0.4) is 0 Å². The lowest BCUT2D eigenvalue weighted by Gasteiger charge is -2.25. The van der Waals surface area contributed by atoms with E-state index in [4.69, 9.17) is 14.7 Å². The van der Waals surface area contributed by atoms with Crippen LogP contribution in [0, 0.1) is 11.8 Å². The zero-order chi connectivity index (χ0) is 24.8. The highest BCUT2D eigenvalue weighted by atomic mass is 16.7. The average Bonchev–Trinajstić information content (AvgIpc) is 3.50. The molecule has 4 rings (SSSR count). The minimum atomic E-state index is -1.14. The fourth-order valence-corrected chi connectivity index (χ4v) is 5.28. The Labute approximate surface area is 205 Å². The molecule has 2 aromatic rings. The lowest BCUT2D eigenvalue weighted by Crippen LogP contribution is -2.37. The third kappa shape index (κ3) is 6.00. The summed E-state index contributed by atoms with van der Waals surface area (Å²) in [6.45, 7) is -0.0210. The van der Waals surface area contributed by atoms with Gasteiger partial charge in [0.2, 0.25) is 5.91 Å². The van der Waals surface area contributed by atoms with E-state index < -0.39 is 18.7 Å². The van der Waals surface area contributed by atoms with Crippen LogP contribution in [0.1, 0.15) is 49.1 Å². The predicted molar refractivity (Wildman–Crippen MR) is 129 cm³/mol. The van der Waals surface area contributed by atoms with Crippen molar-refractivity contribution in [3.8, 4) is 11.1 Å². The van der Waals surface area contributed by atoms with Crippen molar-refractivity contribution in [2.45, 2.75) is 38.0 Å². The Morgan fingerprint density at radius 1 is 1.03 bits per heavy atom. The molecule has 2 aliphatic carbocycles. The molecule has 2 aromatic carbocycles. The Morgan fingerprint density at radius 3 is 2.23 bits per heavy atom. The number of amides is 2. The van der Waals surface area contributed by atoms with Crippen molar-refractivity contribution in [3.63, 3.8) is 0 Å². The molecule has 0 bridgehead atoms. The average molecular weight is 481 g/mol. The van der Waals surface area contributed by atoms with E-state index in [1.165, 1.54) is 18.2 Å². The Hall–Kier alpha value is -3.39. The van der Waals surface area contributed by atoms with Gasteiger partial charge in [0.25, 0.3) is 0 Å². The van der Waals surface area contributed by atoms with Gasteiger partial charge < -0.3 is 15.2 Å². The first-order chi connectivity index (χ1) is 16.9. The van der Waals surface area contributed by atoms with E-state index in [0.29, 0.717) is 12.5 Å². The van der Waals surface area contributed by atoms with Gasteiger partial charge in [0.1, 0.15) is 6.61 Å². The van der Waals surface area contributed by atoms with Crippen LogP contribution in [0.15, 0.2) is 48.5 Å². The van der Waals surface area contributed by atoms with E-state index in [-0.39, 0.29) is 30.8 Å². The first-order valence-electron chi connectivity index (χ1n) is 12.1. The number of rotatable bonds is 10. The second-order valence-corrected chi connectivity index (χ2v) is 9.27. The van der Waals surface area contributed by atoms with E-state index in [1.54, 1.807) is 0 Å². The van der Waals surface area contributed by atoms with Crippen molar-refractivity contribution in [1.82, 2.24) is 10.4 Å². The fraction of sp³-hybridized carbons (Fsp3) is 0.444.